The lowest BCUT2D eigenvalue weighted by Gasteiger charge is -2.15. The van der Waals surface area contributed by atoms with E-state index in [2.05, 4.69) is 5.32 Å². The molecule has 0 aromatic heterocycles. The lowest BCUT2D eigenvalue weighted by molar-refractivity contribution is -0.144. The van der Waals surface area contributed by atoms with Gasteiger partial charge in [0, 0.05) is 22.9 Å². The minimum Gasteiger partial charge on any atom is -0.480 e. The van der Waals surface area contributed by atoms with Crippen molar-refractivity contribution >= 4 is 41.0 Å². The Morgan fingerprint density at radius 1 is 1.26 bits per heavy atom. The van der Waals surface area contributed by atoms with Crippen molar-refractivity contribution in [1.82, 2.24) is 5.32 Å². The van der Waals surface area contributed by atoms with Crippen LogP contribution < -0.4 is 5.32 Å². The van der Waals surface area contributed by atoms with Gasteiger partial charge in [0.1, 0.15) is 6.04 Å². The first-order chi connectivity index (χ1) is 10.8. The summed E-state index contributed by atoms with van der Waals surface area (Å²) in [5.41, 5.74) is 0.550. The van der Waals surface area contributed by atoms with E-state index < -0.39 is 23.9 Å². The van der Waals surface area contributed by atoms with Gasteiger partial charge in [0.25, 0.3) is 0 Å². The topological polar surface area (TPSA) is 92.7 Å². The summed E-state index contributed by atoms with van der Waals surface area (Å²) >= 11 is 11.8. The van der Waals surface area contributed by atoms with E-state index in [0.717, 1.165) is 0 Å². The van der Waals surface area contributed by atoms with Crippen LogP contribution in [0.25, 0.3) is 0 Å². The third-order valence-corrected chi connectivity index (χ3v) is 3.52. The summed E-state index contributed by atoms with van der Waals surface area (Å²) in [6, 6.07) is 3.54. The molecule has 0 aliphatic heterocycles. The number of carboxylic acid groups (broad SMARTS) is 1. The predicted molar refractivity (Wildman–Crippen MR) is 85.6 cm³/mol. The minimum absolute atomic E-state index is 0.0104. The minimum atomic E-state index is -1.19. The average molecular weight is 362 g/mol. The van der Waals surface area contributed by atoms with E-state index in [1.165, 1.54) is 6.07 Å². The van der Waals surface area contributed by atoms with Gasteiger partial charge in [-0.2, -0.15) is 0 Å². The maximum absolute atomic E-state index is 11.8. The van der Waals surface area contributed by atoms with Crippen molar-refractivity contribution in [2.45, 2.75) is 32.2 Å². The summed E-state index contributed by atoms with van der Waals surface area (Å²) in [7, 11) is 0. The quantitative estimate of drug-likeness (QED) is 0.693. The van der Waals surface area contributed by atoms with Crippen molar-refractivity contribution in [3.63, 3.8) is 0 Å². The van der Waals surface area contributed by atoms with Gasteiger partial charge in [0.2, 0.25) is 5.91 Å². The van der Waals surface area contributed by atoms with Gasteiger partial charge in [-0.15, -0.1) is 0 Å². The van der Waals surface area contributed by atoms with Crippen LogP contribution >= 0.6 is 23.2 Å². The van der Waals surface area contributed by atoms with Crippen molar-refractivity contribution in [1.29, 1.82) is 0 Å². The Morgan fingerprint density at radius 3 is 2.52 bits per heavy atom. The molecular weight excluding hydrogens is 345 g/mol. The van der Waals surface area contributed by atoms with Crippen LogP contribution in [0.2, 0.25) is 10.0 Å². The largest absolute Gasteiger partial charge is 0.480 e. The second-order valence-electron chi connectivity index (χ2n) is 4.70. The van der Waals surface area contributed by atoms with Crippen LogP contribution in [0.3, 0.4) is 0 Å². The van der Waals surface area contributed by atoms with Gasteiger partial charge in [-0.05, 0) is 24.6 Å². The van der Waals surface area contributed by atoms with E-state index in [1.54, 1.807) is 19.1 Å². The lowest BCUT2D eigenvalue weighted by Crippen LogP contribution is -2.42. The number of halogens is 2. The third-order valence-electron chi connectivity index (χ3n) is 2.93. The fraction of sp³-hybridized carbons (Fsp3) is 0.400. The number of carbonyl (C=O) groups is 3. The number of esters is 1. The number of benzene rings is 1. The third kappa shape index (κ3) is 6.88. The molecule has 2 N–H and O–H groups in total. The number of ether oxygens (including phenoxy) is 1. The second kappa shape index (κ2) is 9.37. The molecule has 0 unspecified atom stereocenters. The fourth-order valence-corrected chi connectivity index (χ4v) is 2.31. The van der Waals surface area contributed by atoms with Crippen molar-refractivity contribution in [3.05, 3.63) is 33.8 Å². The van der Waals surface area contributed by atoms with Gasteiger partial charge in [0.15, 0.2) is 0 Å². The molecule has 1 aromatic rings. The van der Waals surface area contributed by atoms with Gasteiger partial charge < -0.3 is 15.2 Å². The van der Waals surface area contributed by atoms with E-state index in [1.807, 2.05) is 0 Å². The summed E-state index contributed by atoms with van der Waals surface area (Å²) < 4.78 is 4.70. The van der Waals surface area contributed by atoms with E-state index in [4.69, 9.17) is 27.9 Å². The Morgan fingerprint density at radius 2 is 1.96 bits per heavy atom. The molecule has 1 atom stereocenters. The summed E-state index contributed by atoms with van der Waals surface area (Å²) in [5, 5.41) is 12.3. The van der Waals surface area contributed by atoms with Crippen LogP contribution in [0.1, 0.15) is 25.3 Å². The highest BCUT2D eigenvalue weighted by atomic mass is 35.5. The van der Waals surface area contributed by atoms with E-state index >= 15 is 0 Å². The van der Waals surface area contributed by atoms with Crippen molar-refractivity contribution < 1.29 is 24.2 Å². The first-order valence-corrected chi connectivity index (χ1v) is 7.70. The van der Waals surface area contributed by atoms with Gasteiger partial charge >= 0.3 is 11.9 Å². The Labute approximate surface area is 143 Å². The molecular formula is C15H17Cl2NO5. The molecule has 0 saturated heterocycles. The highest BCUT2D eigenvalue weighted by molar-refractivity contribution is 6.35. The highest BCUT2D eigenvalue weighted by Crippen LogP contribution is 2.22. The molecule has 6 nitrogen and oxygen atoms in total. The molecule has 1 amide bonds. The number of nitrogens with one attached hydrogen (secondary N) is 1. The molecule has 0 saturated carbocycles. The monoisotopic (exact) mass is 361 g/mol. The molecule has 0 radical (unpaired) electrons. The van der Waals surface area contributed by atoms with E-state index in [-0.39, 0.29) is 25.9 Å². The molecule has 0 bridgehead atoms. The molecule has 23 heavy (non-hydrogen) atoms. The molecule has 1 rings (SSSR count). The molecule has 0 aliphatic rings. The molecule has 0 heterocycles. The van der Waals surface area contributed by atoms with Gasteiger partial charge in [-0.3, -0.25) is 9.59 Å². The molecule has 0 aliphatic carbocycles. The maximum Gasteiger partial charge on any atom is 0.326 e. The number of rotatable bonds is 8. The number of hydrogen-bond acceptors (Lipinski definition) is 4. The smallest absolute Gasteiger partial charge is 0.326 e. The summed E-state index contributed by atoms with van der Waals surface area (Å²) in [6.07, 6.45) is -0.235. The second-order valence-corrected chi connectivity index (χ2v) is 5.55. The molecule has 0 spiro atoms. The highest BCUT2D eigenvalue weighted by Gasteiger charge is 2.22. The van der Waals surface area contributed by atoms with Crippen LogP contribution in [0, 0.1) is 0 Å². The number of aliphatic carboxylic acids is 1. The first kappa shape index (κ1) is 19.3. The van der Waals surface area contributed by atoms with Gasteiger partial charge in [0.05, 0.1) is 13.0 Å². The lowest BCUT2D eigenvalue weighted by atomic mass is 10.1. The van der Waals surface area contributed by atoms with Crippen molar-refractivity contribution in [2.75, 3.05) is 6.61 Å². The average Bonchev–Trinajstić information content (AvgIpc) is 2.47. The van der Waals surface area contributed by atoms with Crippen LogP contribution in [0.15, 0.2) is 18.2 Å². The fourth-order valence-electron chi connectivity index (χ4n) is 1.82. The zero-order chi connectivity index (χ0) is 17.4. The summed E-state index contributed by atoms with van der Waals surface area (Å²) in [5.74, 6) is -2.24. The normalized spacial score (nSPS) is 11.6. The molecule has 126 valence electrons. The molecule has 0 fully saturated rings. The number of carbonyl (C=O) groups excluding carboxylic acids is 2. The van der Waals surface area contributed by atoms with Crippen LogP contribution in [-0.4, -0.2) is 35.6 Å². The van der Waals surface area contributed by atoms with Crippen LogP contribution in [-0.2, 0) is 25.5 Å². The summed E-state index contributed by atoms with van der Waals surface area (Å²) in [6.45, 7) is 1.89. The Hall–Kier alpha value is -1.79. The Bertz CT molecular complexity index is 591. The summed E-state index contributed by atoms with van der Waals surface area (Å²) in [4.78, 5) is 34.2. The van der Waals surface area contributed by atoms with Gasteiger partial charge in [-0.1, -0.05) is 29.3 Å². The zero-order valence-electron chi connectivity index (χ0n) is 12.5. The first-order valence-electron chi connectivity index (χ1n) is 6.95. The number of amides is 1. The predicted octanol–water partition coefficient (Wildman–Crippen LogP) is 2.45. The van der Waals surface area contributed by atoms with Crippen molar-refractivity contribution in [3.8, 4) is 0 Å². The molecule has 8 heteroatoms. The van der Waals surface area contributed by atoms with Crippen molar-refractivity contribution in [2.24, 2.45) is 0 Å². The Kier molecular flexibility index (Phi) is 7.85. The maximum atomic E-state index is 11.8. The van der Waals surface area contributed by atoms with E-state index in [9.17, 15) is 19.5 Å². The van der Waals surface area contributed by atoms with E-state index in [0.29, 0.717) is 15.6 Å². The Balaban J connectivity index is 2.63. The van der Waals surface area contributed by atoms with Crippen LogP contribution in [0.5, 0.6) is 0 Å². The standard InChI is InChI=1S/C15H17Cl2NO5/c1-2-23-14(20)6-5-13(19)18-12(15(21)22)7-9-3-4-10(16)8-11(9)17/h3-4,8,12H,2,5-7H2,1H3,(H,18,19)(H,21,22)/t12-/m1/s1. The number of carboxylic acids is 1. The van der Waals surface area contributed by atoms with Gasteiger partial charge in [-0.25, -0.2) is 4.79 Å². The van der Waals surface area contributed by atoms with Crippen LogP contribution in [0.4, 0.5) is 0 Å². The number of hydrogen-bond donors (Lipinski definition) is 2. The SMILES string of the molecule is CCOC(=O)CCC(=O)N[C@H](Cc1ccc(Cl)cc1Cl)C(=O)O. The molecule has 1 aromatic carbocycles. The zero-order valence-corrected chi connectivity index (χ0v) is 14.0.